The summed E-state index contributed by atoms with van der Waals surface area (Å²) in [5, 5.41) is 3.80. The summed E-state index contributed by atoms with van der Waals surface area (Å²) in [7, 11) is 0. The molecule has 1 N–H and O–H groups in total. The zero-order chi connectivity index (χ0) is 15.4. The molecule has 21 heavy (non-hydrogen) atoms. The first-order valence-corrected chi connectivity index (χ1v) is 9.12. The molecular weight excluding hydrogens is 260 g/mol. The average molecular weight is 296 g/mol. The van der Waals surface area contributed by atoms with Gasteiger partial charge in [-0.2, -0.15) is 0 Å². The van der Waals surface area contributed by atoms with Gasteiger partial charge in [-0.1, -0.05) is 34.1 Å². The molecule has 0 amide bonds. The van der Waals surface area contributed by atoms with Gasteiger partial charge in [-0.3, -0.25) is 4.90 Å². The molecule has 0 aliphatic carbocycles. The minimum atomic E-state index is 0.462. The predicted octanol–water partition coefficient (Wildman–Crippen LogP) is 3.29. The number of nitrogens with one attached hydrogen (secondary N) is 1. The maximum absolute atomic E-state index is 6.08. The topological polar surface area (TPSA) is 24.5 Å². The number of rotatable bonds is 6. The largest absolute Gasteiger partial charge is 0.374 e. The van der Waals surface area contributed by atoms with Gasteiger partial charge in [-0.15, -0.1) is 0 Å². The number of nitrogens with zero attached hydrogens (tertiary/aromatic N) is 1. The lowest BCUT2D eigenvalue weighted by molar-refractivity contribution is -0.000367. The van der Waals surface area contributed by atoms with Gasteiger partial charge < -0.3 is 10.1 Å². The van der Waals surface area contributed by atoms with Crippen LogP contribution in [-0.4, -0.2) is 48.8 Å². The van der Waals surface area contributed by atoms with Crippen LogP contribution in [-0.2, 0) is 4.74 Å². The van der Waals surface area contributed by atoms with Crippen LogP contribution in [0.2, 0.25) is 0 Å². The van der Waals surface area contributed by atoms with Gasteiger partial charge in [0, 0.05) is 31.7 Å². The van der Waals surface area contributed by atoms with E-state index in [0.29, 0.717) is 24.3 Å². The SMILES string of the molecule is CCC(C)C1CNC(CC(C)C)CN1CC1CCC(C)O1. The summed E-state index contributed by atoms with van der Waals surface area (Å²) >= 11 is 0. The van der Waals surface area contributed by atoms with Crippen LogP contribution in [0, 0.1) is 11.8 Å². The molecule has 2 aliphatic heterocycles. The summed E-state index contributed by atoms with van der Waals surface area (Å²) < 4.78 is 6.08. The molecule has 0 radical (unpaired) electrons. The molecule has 2 aliphatic rings. The summed E-state index contributed by atoms with van der Waals surface area (Å²) in [4.78, 5) is 2.74. The van der Waals surface area contributed by atoms with Gasteiger partial charge in [-0.05, 0) is 38.0 Å². The van der Waals surface area contributed by atoms with Gasteiger partial charge in [0.2, 0.25) is 0 Å². The van der Waals surface area contributed by atoms with E-state index < -0.39 is 0 Å². The Morgan fingerprint density at radius 1 is 1.24 bits per heavy atom. The van der Waals surface area contributed by atoms with Crippen molar-refractivity contribution in [2.24, 2.45) is 11.8 Å². The molecule has 3 heteroatoms. The highest BCUT2D eigenvalue weighted by Crippen LogP contribution is 2.25. The lowest BCUT2D eigenvalue weighted by Crippen LogP contribution is -2.60. The third-order valence-electron chi connectivity index (χ3n) is 5.35. The summed E-state index contributed by atoms with van der Waals surface area (Å²) in [6.45, 7) is 15.1. The van der Waals surface area contributed by atoms with Crippen LogP contribution >= 0.6 is 0 Å². The van der Waals surface area contributed by atoms with Crippen molar-refractivity contribution in [1.29, 1.82) is 0 Å². The molecule has 3 nitrogen and oxygen atoms in total. The van der Waals surface area contributed by atoms with Crippen LogP contribution in [0.15, 0.2) is 0 Å². The molecule has 0 aromatic carbocycles. The second-order valence-electron chi connectivity index (χ2n) is 7.79. The molecule has 0 saturated carbocycles. The van der Waals surface area contributed by atoms with E-state index in [1.807, 2.05) is 0 Å². The first-order valence-electron chi connectivity index (χ1n) is 9.12. The quantitative estimate of drug-likeness (QED) is 0.814. The minimum Gasteiger partial charge on any atom is -0.374 e. The molecule has 2 rings (SSSR count). The second kappa shape index (κ2) is 7.94. The van der Waals surface area contributed by atoms with Crippen LogP contribution in [0.5, 0.6) is 0 Å². The smallest absolute Gasteiger partial charge is 0.0706 e. The van der Waals surface area contributed by atoms with Crippen molar-refractivity contribution in [2.45, 2.75) is 84.6 Å². The van der Waals surface area contributed by atoms with Crippen molar-refractivity contribution in [3.05, 3.63) is 0 Å². The van der Waals surface area contributed by atoms with E-state index in [4.69, 9.17) is 4.74 Å². The fourth-order valence-electron chi connectivity index (χ4n) is 3.95. The zero-order valence-electron chi connectivity index (χ0n) is 14.8. The summed E-state index contributed by atoms with van der Waals surface area (Å²) in [5.41, 5.74) is 0. The van der Waals surface area contributed by atoms with Crippen LogP contribution in [0.25, 0.3) is 0 Å². The number of piperazine rings is 1. The number of hydrogen-bond donors (Lipinski definition) is 1. The van der Waals surface area contributed by atoms with E-state index in [-0.39, 0.29) is 0 Å². The monoisotopic (exact) mass is 296 g/mol. The Bertz CT molecular complexity index is 308. The maximum atomic E-state index is 6.08. The Labute approximate surface area is 131 Å². The third-order valence-corrected chi connectivity index (χ3v) is 5.35. The van der Waals surface area contributed by atoms with E-state index in [1.54, 1.807) is 0 Å². The standard InChI is InChI=1S/C18H36N2O/c1-6-14(4)18-10-19-16(9-13(2)3)11-20(18)12-17-8-7-15(5)21-17/h13-19H,6-12H2,1-5H3. The van der Waals surface area contributed by atoms with Gasteiger partial charge in [0.05, 0.1) is 12.2 Å². The Hall–Kier alpha value is -0.120. The first kappa shape index (κ1) is 17.2. The van der Waals surface area contributed by atoms with E-state index in [0.717, 1.165) is 24.9 Å². The molecule has 0 spiro atoms. The normalized spacial score (nSPS) is 36.3. The second-order valence-corrected chi connectivity index (χ2v) is 7.79. The van der Waals surface area contributed by atoms with Crippen LogP contribution in [0.4, 0.5) is 0 Å². The molecular formula is C18H36N2O. The van der Waals surface area contributed by atoms with Crippen molar-refractivity contribution < 1.29 is 4.74 Å². The number of ether oxygens (including phenoxy) is 1. The maximum Gasteiger partial charge on any atom is 0.0706 e. The lowest BCUT2D eigenvalue weighted by atomic mass is 9.92. The Morgan fingerprint density at radius 2 is 2.00 bits per heavy atom. The minimum absolute atomic E-state index is 0.462. The van der Waals surface area contributed by atoms with Crippen LogP contribution < -0.4 is 5.32 Å². The van der Waals surface area contributed by atoms with E-state index in [1.165, 1.54) is 32.2 Å². The predicted molar refractivity (Wildman–Crippen MR) is 89.6 cm³/mol. The van der Waals surface area contributed by atoms with Crippen LogP contribution in [0.3, 0.4) is 0 Å². The molecule has 2 fully saturated rings. The summed E-state index contributed by atoms with van der Waals surface area (Å²) in [6, 6.07) is 1.34. The molecule has 124 valence electrons. The van der Waals surface area contributed by atoms with Crippen molar-refractivity contribution in [1.82, 2.24) is 10.2 Å². The van der Waals surface area contributed by atoms with E-state index in [9.17, 15) is 0 Å². The molecule has 0 aromatic rings. The third kappa shape index (κ3) is 4.94. The summed E-state index contributed by atoms with van der Waals surface area (Å²) in [6.07, 6.45) is 5.95. The fourth-order valence-corrected chi connectivity index (χ4v) is 3.95. The van der Waals surface area contributed by atoms with Gasteiger partial charge >= 0.3 is 0 Å². The molecule has 0 bridgehead atoms. The highest BCUT2D eigenvalue weighted by atomic mass is 16.5. The van der Waals surface area contributed by atoms with E-state index >= 15 is 0 Å². The van der Waals surface area contributed by atoms with Gasteiger partial charge in [0.25, 0.3) is 0 Å². The van der Waals surface area contributed by atoms with Gasteiger partial charge in [0.15, 0.2) is 0 Å². The highest BCUT2D eigenvalue weighted by molar-refractivity contribution is 4.90. The Balaban J connectivity index is 1.95. The van der Waals surface area contributed by atoms with Gasteiger partial charge in [0.1, 0.15) is 0 Å². The van der Waals surface area contributed by atoms with Crippen molar-refractivity contribution in [3.8, 4) is 0 Å². The number of hydrogen-bond acceptors (Lipinski definition) is 3. The fraction of sp³-hybridized carbons (Fsp3) is 1.00. The molecule has 2 heterocycles. The summed E-state index contributed by atoms with van der Waals surface area (Å²) in [5.74, 6) is 1.53. The Morgan fingerprint density at radius 3 is 2.57 bits per heavy atom. The average Bonchev–Trinajstić information content (AvgIpc) is 2.83. The van der Waals surface area contributed by atoms with Crippen molar-refractivity contribution >= 4 is 0 Å². The molecule has 0 aromatic heterocycles. The van der Waals surface area contributed by atoms with Crippen molar-refractivity contribution in [2.75, 3.05) is 19.6 Å². The van der Waals surface area contributed by atoms with Crippen molar-refractivity contribution in [3.63, 3.8) is 0 Å². The molecule has 5 unspecified atom stereocenters. The van der Waals surface area contributed by atoms with Gasteiger partial charge in [-0.25, -0.2) is 0 Å². The molecule has 2 saturated heterocycles. The lowest BCUT2D eigenvalue weighted by Gasteiger charge is -2.44. The highest BCUT2D eigenvalue weighted by Gasteiger charge is 2.34. The molecule has 5 atom stereocenters. The first-order chi connectivity index (χ1) is 9.99. The van der Waals surface area contributed by atoms with E-state index in [2.05, 4.69) is 44.8 Å². The zero-order valence-corrected chi connectivity index (χ0v) is 14.8. The Kier molecular flexibility index (Phi) is 6.51. The van der Waals surface area contributed by atoms with Crippen LogP contribution in [0.1, 0.15) is 60.3 Å².